The molecule has 1 aliphatic heterocycles. The van der Waals surface area contributed by atoms with Gasteiger partial charge in [-0.05, 0) is 47.4 Å². The van der Waals surface area contributed by atoms with Gasteiger partial charge in [-0.1, -0.05) is 25.6 Å². The van der Waals surface area contributed by atoms with E-state index in [0.717, 1.165) is 5.56 Å². The number of imide groups is 1. The zero-order chi connectivity index (χ0) is 25.7. The standard InChI is InChI=1S/C23H18F6N2O3S/c1-10(2)14-9-30-17-4-3-12(7-13(14)17)34-20-15(22(24,25)26)5-11(6-16(20)23(27,28)29)18-8-19(32)31-21(33)35-18/h3-7,9-10,18,30H,8H2,1-2H3,(H,31,32,33). The van der Waals surface area contributed by atoms with E-state index in [2.05, 4.69) is 4.98 Å². The summed E-state index contributed by atoms with van der Waals surface area (Å²) in [6, 6.07) is 5.17. The molecule has 0 saturated carbocycles. The number of hydrogen-bond acceptors (Lipinski definition) is 4. The highest BCUT2D eigenvalue weighted by Crippen LogP contribution is 2.49. The van der Waals surface area contributed by atoms with Crippen LogP contribution in [0.25, 0.3) is 10.9 Å². The van der Waals surface area contributed by atoms with Crippen LogP contribution in [-0.4, -0.2) is 16.1 Å². The number of H-pyrrole nitrogens is 1. The van der Waals surface area contributed by atoms with Crippen molar-refractivity contribution < 1.29 is 40.7 Å². The lowest BCUT2D eigenvalue weighted by molar-refractivity contribution is -0.145. The zero-order valence-electron chi connectivity index (χ0n) is 18.2. The fraction of sp³-hybridized carbons (Fsp3) is 0.304. The van der Waals surface area contributed by atoms with E-state index in [1.165, 1.54) is 18.2 Å². The molecule has 1 atom stereocenters. The molecule has 1 saturated heterocycles. The Labute approximate surface area is 199 Å². The number of halogens is 6. The molecule has 12 heteroatoms. The van der Waals surface area contributed by atoms with Gasteiger partial charge in [0.1, 0.15) is 5.75 Å². The van der Waals surface area contributed by atoms with E-state index in [0.29, 0.717) is 34.8 Å². The molecular formula is C23H18F6N2O3S. The van der Waals surface area contributed by atoms with Gasteiger partial charge in [0.15, 0.2) is 5.75 Å². The molecule has 2 N–H and O–H groups in total. The lowest BCUT2D eigenvalue weighted by atomic mass is 9.99. The molecule has 0 aliphatic carbocycles. The van der Waals surface area contributed by atoms with Crippen LogP contribution >= 0.6 is 11.8 Å². The lowest BCUT2D eigenvalue weighted by Crippen LogP contribution is -2.33. The molecule has 186 valence electrons. The second-order valence-corrected chi connectivity index (χ2v) is 9.47. The van der Waals surface area contributed by atoms with Crippen LogP contribution in [0.2, 0.25) is 0 Å². The molecule has 1 aromatic heterocycles. The maximum Gasteiger partial charge on any atom is 0.420 e. The Morgan fingerprint density at radius 1 is 1.00 bits per heavy atom. The average molecular weight is 516 g/mol. The van der Waals surface area contributed by atoms with Crippen LogP contribution in [0.5, 0.6) is 11.5 Å². The van der Waals surface area contributed by atoms with Gasteiger partial charge in [0, 0.05) is 28.8 Å². The number of rotatable bonds is 4. The van der Waals surface area contributed by atoms with Gasteiger partial charge >= 0.3 is 12.4 Å². The molecule has 2 aromatic carbocycles. The van der Waals surface area contributed by atoms with Crippen LogP contribution in [-0.2, 0) is 17.1 Å². The molecule has 1 fully saturated rings. The van der Waals surface area contributed by atoms with Crippen molar-refractivity contribution in [3.05, 3.63) is 58.8 Å². The minimum absolute atomic E-state index is 0.0441. The number of thioether (sulfide) groups is 1. The Morgan fingerprint density at radius 2 is 1.63 bits per heavy atom. The number of benzene rings is 2. The summed E-state index contributed by atoms with van der Waals surface area (Å²) >= 11 is 0.449. The topological polar surface area (TPSA) is 71.2 Å². The van der Waals surface area contributed by atoms with E-state index < -0.39 is 57.6 Å². The Balaban J connectivity index is 1.87. The first-order valence-electron chi connectivity index (χ1n) is 10.4. The van der Waals surface area contributed by atoms with E-state index in [1.54, 1.807) is 6.20 Å². The smallest absolute Gasteiger partial charge is 0.420 e. The van der Waals surface area contributed by atoms with Gasteiger partial charge in [-0.3, -0.25) is 14.9 Å². The molecule has 2 heterocycles. The Hall–Kier alpha value is -3.15. The summed E-state index contributed by atoms with van der Waals surface area (Å²) < 4.78 is 89.2. The van der Waals surface area contributed by atoms with Crippen LogP contribution in [0.15, 0.2) is 36.5 Å². The molecule has 0 spiro atoms. The van der Waals surface area contributed by atoms with Crippen molar-refractivity contribution in [1.82, 2.24) is 10.3 Å². The number of ether oxygens (including phenoxy) is 1. The summed E-state index contributed by atoms with van der Waals surface area (Å²) in [5.41, 5.74) is -2.28. The van der Waals surface area contributed by atoms with E-state index in [9.17, 15) is 35.9 Å². The number of aromatic nitrogens is 1. The third kappa shape index (κ3) is 5.12. The number of amides is 2. The lowest BCUT2D eigenvalue weighted by Gasteiger charge is -2.25. The van der Waals surface area contributed by atoms with Gasteiger partial charge < -0.3 is 9.72 Å². The number of carbonyl (C=O) groups excluding carboxylic acids is 2. The van der Waals surface area contributed by atoms with Crippen molar-refractivity contribution in [3.8, 4) is 11.5 Å². The minimum atomic E-state index is -5.21. The van der Waals surface area contributed by atoms with Gasteiger partial charge in [0.2, 0.25) is 5.91 Å². The molecule has 5 nitrogen and oxygen atoms in total. The molecule has 35 heavy (non-hydrogen) atoms. The molecule has 0 bridgehead atoms. The third-order valence-corrected chi connectivity index (χ3v) is 6.52. The largest absolute Gasteiger partial charge is 0.456 e. The van der Waals surface area contributed by atoms with E-state index >= 15 is 0 Å². The van der Waals surface area contributed by atoms with Crippen molar-refractivity contribution in [2.75, 3.05) is 0 Å². The van der Waals surface area contributed by atoms with E-state index in [-0.39, 0.29) is 11.7 Å². The summed E-state index contributed by atoms with van der Waals surface area (Å²) in [4.78, 5) is 26.3. The van der Waals surface area contributed by atoms with Crippen LogP contribution in [0.3, 0.4) is 0 Å². The first-order chi connectivity index (χ1) is 16.2. The molecular weight excluding hydrogens is 498 g/mol. The highest BCUT2D eigenvalue weighted by Gasteiger charge is 2.44. The van der Waals surface area contributed by atoms with E-state index in [1.807, 2.05) is 19.2 Å². The fourth-order valence-corrected chi connectivity index (χ4v) is 4.81. The quantitative estimate of drug-likeness (QED) is 0.352. The van der Waals surface area contributed by atoms with Crippen LogP contribution in [0.1, 0.15) is 53.7 Å². The number of fused-ring (bicyclic) bond motifs is 1. The van der Waals surface area contributed by atoms with Crippen molar-refractivity contribution in [2.24, 2.45) is 0 Å². The Kier molecular flexibility index (Phi) is 6.28. The van der Waals surface area contributed by atoms with Crippen LogP contribution in [0.4, 0.5) is 31.1 Å². The number of nitrogens with one attached hydrogen (secondary N) is 2. The molecule has 4 rings (SSSR count). The zero-order valence-corrected chi connectivity index (χ0v) is 19.0. The van der Waals surface area contributed by atoms with Crippen molar-refractivity contribution in [2.45, 2.75) is 43.8 Å². The summed E-state index contributed by atoms with van der Waals surface area (Å²) in [6.07, 6.45) is -9.15. The van der Waals surface area contributed by atoms with Crippen molar-refractivity contribution >= 4 is 33.8 Å². The SMILES string of the molecule is CC(C)c1c[nH]c2ccc(Oc3c(C(F)(F)F)cc(C4CC(=O)NC(=O)S4)cc3C(F)(F)F)cc12. The predicted molar refractivity (Wildman–Crippen MR) is 117 cm³/mol. The van der Waals surface area contributed by atoms with Gasteiger partial charge in [-0.15, -0.1) is 0 Å². The summed E-state index contributed by atoms with van der Waals surface area (Å²) in [7, 11) is 0. The molecule has 3 aromatic rings. The van der Waals surface area contributed by atoms with Crippen LogP contribution in [0, 0.1) is 0 Å². The van der Waals surface area contributed by atoms with Crippen molar-refractivity contribution in [1.29, 1.82) is 0 Å². The van der Waals surface area contributed by atoms with Gasteiger partial charge in [0.25, 0.3) is 5.24 Å². The first-order valence-corrected chi connectivity index (χ1v) is 11.2. The maximum atomic E-state index is 14.0. The second-order valence-electron chi connectivity index (χ2n) is 8.30. The number of hydrogen-bond donors (Lipinski definition) is 2. The second kappa shape index (κ2) is 8.81. The first kappa shape index (κ1) is 25.0. The van der Waals surface area contributed by atoms with Gasteiger partial charge in [0.05, 0.1) is 11.1 Å². The number of alkyl halides is 6. The number of aromatic amines is 1. The Morgan fingerprint density at radius 3 is 2.17 bits per heavy atom. The molecule has 2 amide bonds. The average Bonchev–Trinajstić information content (AvgIpc) is 3.15. The van der Waals surface area contributed by atoms with Crippen LogP contribution < -0.4 is 10.1 Å². The minimum Gasteiger partial charge on any atom is -0.456 e. The molecule has 0 radical (unpaired) electrons. The Bertz CT molecular complexity index is 1260. The summed E-state index contributed by atoms with van der Waals surface area (Å²) in [5, 5.41) is 0.498. The predicted octanol–water partition coefficient (Wildman–Crippen LogP) is 7.54. The normalized spacial score (nSPS) is 17.2. The molecule has 1 unspecified atom stereocenters. The summed E-state index contributed by atoms with van der Waals surface area (Å²) in [5.74, 6) is -2.35. The van der Waals surface area contributed by atoms with Gasteiger partial charge in [-0.2, -0.15) is 26.3 Å². The highest BCUT2D eigenvalue weighted by molar-refractivity contribution is 8.13. The third-order valence-electron chi connectivity index (χ3n) is 5.48. The van der Waals surface area contributed by atoms with Crippen molar-refractivity contribution in [3.63, 3.8) is 0 Å². The molecule has 1 aliphatic rings. The number of carbonyl (C=O) groups is 2. The monoisotopic (exact) mass is 516 g/mol. The van der Waals surface area contributed by atoms with E-state index in [4.69, 9.17) is 4.74 Å². The fourth-order valence-electron chi connectivity index (χ4n) is 3.87. The maximum absolute atomic E-state index is 14.0. The summed E-state index contributed by atoms with van der Waals surface area (Å²) in [6.45, 7) is 3.79. The van der Waals surface area contributed by atoms with Gasteiger partial charge in [-0.25, -0.2) is 0 Å². The highest BCUT2D eigenvalue weighted by atomic mass is 32.2.